The van der Waals surface area contributed by atoms with Crippen LogP contribution in [0.4, 0.5) is 0 Å². The van der Waals surface area contributed by atoms with E-state index in [2.05, 4.69) is 16.6 Å². The molecular formula is C19H32ClNO2. The molecule has 1 heterocycles. The van der Waals surface area contributed by atoms with Crippen LogP contribution in [0, 0.1) is 0 Å². The maximum Gasteiger partial charge on any atom is 0.356 e. The van der Waals surface area contributed by atoms with Gasteiger partial charge in [0.2, 0.25) is 0 Å². The van der Waals surface area contributed by atoms with Crippen molar-refractivity contribution in [2.45, 2.75) is 84.0 Å². The number of unbranched alkanes of at least 4 members (excludes halogenated alkanes) is 10. The van der Waals surface area contributed by atoms with Crippen molar-refractivity contribution in [1.29, 1.82) is 0 Å². The Labute approximate surface area is 146 Å². The molecule has 0 aromatic carbocycles. The average Bonchev–Trinajstić information content (AvgIpc) is 2.93. The number of carbonyl (C=O) groups excluding carboxylic acids is 1. The lowest BCUT2D eigenvalue weighted by atomic mass is 10.0. The third kappa shape index (κ3) is 7.92. The number of aromatic nitrogens is 1. The highest BCUT2D eigenvalue weighted by molar-refractivity contribution is 6.34. The van der Waals surface area contributed by atoms with Gasteiger partial charge in [-0.3, -0.25) is 0 Å². The molecule has 0 spiro atoms. The molecule has 1 aromatic rings. The fourth-order valence-electron chi connectivity index (χ4n) is 2.86. The largest absolute Gasteiger partial charge is 0.464 e. The molecule has 3 nitrogen and oxygen atoms in total. The second-order valence-electron chi connectivity index (χ2n) is 6.28. The molecule has 0 aliphatic carbocycles. The number of carbonyl (C=O) groups is 1. The Morgan fingerprint density at radius 3 is 2.04 bits per heavy atom. The van der Waals surface area contributed by atoms with Crippen LogP contribution in [-0.2, 0) is 11.2 Å². The molecule has 0 saturated carbocycles. The molecule has 132 valence electrons. The van der Waals surface area contributed by atoms with Gasteiger partial charge in [-0.25, -0.2) is 4.79 Å². The summed E-state index contributed by atoms with van der Waals surface area (Å²) in [6, 6.07) is 0. The van der Waals surface area contributed by atoms with Gasteiger partial charge in [0.05, 0.1) is 12.1 Å². The van der Waals surface area contributed by atoms with Gasteiger partial charge in [-0.2, -0.15) is 0 Å². The van der Waals surface area contributed by atoms with Crippen molar-refractivity contribution in [3.05, 3.63) is 22.5 Å². The summed E-state index contributed by atoms with van der Waals surface area (Å²) in [6.45, 7) is 2.26. The summed E-state index contributed by atoms with van der Waals surface area (Å²) in [5.41, 5.74) is 1.38. The normalized spacial score (nSPS) is 10.9. The topological polar surface area (TPSA) is 42.1 Å². The predicted molar refractivity (Wildman–Crippen MR) is 97.3 cm³/mol. The van der Waals surface area contributed by atoms with E-state index in [0.717, 1.165) is 18.4 Å². The lowest BCUT2D eigenvalue weighted by molar-refractivity contribution is 0.0595. The SMILES string of the molecule is CCCCCCCCCCCCCc1c[nH]c(C(=O)OC)c1Cl. The monoisotopic (exact) mass is 341 g/mol. The number of nitrogens with one attached hydrogen (secondary N) is 1. The molecule has 0 saturated heterocycles. The minimum Gasteiger partial charge on any atom is -0.464 e. The van der Waals surface area contributed by atoms with E-state index in [1.165, 1.54) is 71.3 Å². The number of H-pyrrole nitrogens is 1. The van der Waals surface area contributed by atoms with E-state index < -0.39 is 5.97 Å². The number of aromatic amines is 1. The molecule has 23 heavy (non-hydrogen) atoms. The van der Waals surface area contributed by atoms with E-state index in [1.54, 1.807) is 0 Å². The highest BCUT2D eigenvalue weighted by Gasteiger charge is 2.15. The van der Waals surface area contributed by atoms with Gasteiger partial charge in [-0.05, 0) is 18.4 Å². The first-order valence-electron chi connectivity index (χ1n) is 9.14. The van der Waals surface area contributed by atoms with Crippen LogP contribution in [0.5, 0.6) is 0 Å². The Bertz CT molecular complexity index is 443. The van der Waals surface area contributed by atoms with E-state index in [9.17, 15) is 4.79 Å². The Hall–Kier alpha value is -0.960. The summed E-state index contributed by atoms with van der Waals surface area (Å²) in [6.07, 6.45) is 17.4. The number of hydrogen-bond donors (Lipinski definition) is 1. The Kier molecular flexibility index (Phi) is 10.9. The molecule has 0 aliphatic rings. The van der Waals surface area contributed by atoms with Gasteiger partial charge < -0.3 is 9.72 Å². The van der Waals surface area contributed by atoms with Crippen LogP contribution < -0.4 is 0 Å². The second-order valence-corrected chi connectivity index (χ2v) is 6.66. The van der Waals surface area contributed by atoms with Crippen LogP contribution in [0.25, 0.3) is 0 Å². The molecule has 4 heteroatoms. The van der Waals surface area contributed by atoms with Crippen LogP contribution in [-0.4, -0.2) is 18.1 Å². The van der Waals surface area contributed by atoms with Gasteiger partial charge >= 0.3 is 5.97 Å². The number of ether oxygens (including phenoxy) is 1. The molecule has 0 aliphatic heterocycles. The van der Waals surface area contributed by atoms with Crippen molar-refractivity contribution in [3.8, 4) is 0 Å². The van der Waals surface area contributed by atoms with Crippen molar-refractivity contribution in [2.75, 3.05) is 7.11 Å². The van der Waals surface area contributed by atoms with E-state index in [-0.39, 0.29) is 0 Å². The summed E-state index contributed by atoms with van der Waals surface area (Å²) in [5.74, 6) is -0.403. The van der Waals surface area contributed by atoms with Crippen LogP contribution in [0.2, 0.25) is 5.02 Å². The fraction of sp³-hybridized carbons (Fsp3) is 0.737. The number of hydrogen-bond acceptors (Lipinski definition) is 2. The van der Waals surface area contributed by atoms with Crippen LogP contribution in [0.15, 0.2) is 6.20 Å². The molecule has 0 bridgehead atoms. The zero-order valence-corrected chi connectivity index (χ0v) is 15.5. The summed E-state index contributed by atoms with van der Waals surface area (Å²) < 4.78 is 4.69. The van der Waals surface area contributed by atoms with E-state index in [1.807, 2.05) is 6.20 Å². The maximum atomic E-state index is 11.5. The van der Waals surface area contributed by atoms with Crippen molar-refractivity contribution >= 4 is 17.6 Å². The summed E-state index contributed by atoms with van der Waals surface area (Å²) >= 11 is 6.20. The Morgan fingerprint density at radius 2 is 1.52 bits per heavy atom. The van der Waals surface area contributed by atoms with Crippen molar-refractivity contribution in [3.63, 3.8) is 0 Å². The van der Waals surface area contributed by atoms with Gasteiger partial charge in [-0.15, -0.1) is 0 Å². The quantitative estimate of drug-likeness (QED) is 0.337. The van der Waals surface area contributed by atoms with Crippen LogP contribution in [0.3, 0.4) is 0 Å². The lowest BCUT2D eigenvalue weighted by Crippen LogP contribution is -2.01. The molecular weight excluding hydrogens is 310 g/mol. The number of rotatable bonds is 13. The predicted octanol–water partition coefficient (Wildman–Crippen LogP) is 6.31. The van der Waals surface area contributed by atoms with Crippen molar-refractivity contribution in [2.24, 2.45) is 0 Å². The minimum absolute atomic E-state index is 0.368. The van der Waals surface area contributed by atoms with E-state index in [0.29, 0.717) is 10.7 Å². The van der Waals surface area contributed by atoms with E-state index >= 15 is 0 Å². The first-order valence-corrected chi connectivity index (χ1v) is 9.52. The Morgan fingerprint density at radius 1 is 1.00 bits per heavy atom. The highest BCUT2D eigenvalue weighted by Crippen LogP contribution is 2.23. The molecule has 0 radical (unpaired) electrons. The van der Waals surface area contributed by atoms with E-state index in [4.69, 9.17) is 11.6 Å². The standard InChI is InChI=1S/C19H32ClNO2/c1-3-4-5-6-7-8-9-10-11-12-13-14-16-15-21-18(17(16)20)19(22)23-2/h15,21H,3-14H2,1-2H3. The highest BCUT2D eigenvalue weighted by atomic mass is 35.5. The molecule has 1 aromatic heterocycles. The molecule has 1 N–H and O–H groups in total. The third-order valence-electron chi connectivity index (χ3n) is 4.33. The summed E-state index contributed by atoms with van der Waals surface area (Å²) in [7, 11) is 1.36. The number of methoxy groups -OCH3 is 1. The van der Waals surface area contributed by atoms with Crippen LogP contribution >= 0.6 is 11.6 Å². The summed E-state index contributed by atoms with van der Waals surface area (Å²) in [5, 5.41) is 0.518. The summed E-state index contributed by atoms with van der Waals surface area (Å²) in [4.78, 5) is 14.4. The maximum absolute atomic E-state index is 11.5. The smallest absolute Gasteiger partial charge is 0.356 e. The van der Waals surface area contributed by atoms with Gasteiger partial charge in [-0.1, -0.05) is 82.7 Å². The molecule has 0 atom stereocenters. The van der Waals surface area contributed by atoms with Crippen molar-refractivity contribution in [1.82, 2.24) is 4.98 Å². The molecule has 0 amide bonds. The zero-order chi connectivity index (χ0) is 16.9. The number of esters is 1. The molecule has 0 unspecified atom stereocenters. The average molecular weight is 342 g/mol. The zero-order valence-electron chi connectivity index (χ0n) is 14.8. The lowest BCUT2D eigenvalue weighted by Gasteiger charge is -2.03. The van der Waals surface area contributed by atoms with Gasteiger partial charge in [0.15, 0.2) is 0 Å². The van der Waals surface area contributed by atoms with Crippen molar-refractivity contribution < 1.29 is 9.53 Å². The Balaban J connectivity index is 2.03. The fourth-order valence-corrected chi connectivity index (χ4v) is 3.14. The first kappa shape index (κ1) is 20.1. The number of aryl methyl sites for hydroxylation is 1. The van der Waals surface area contributed by atoms with Gasteiger partial charge in [0.1, 0.15) is 5.69 Å². The third-order valence-corrected chi connectivity index (χ3v) is 4.76. The molecule has 0 fully saturated rings. The first-order chi connectivity index (χ1) is 11.2. The molecule has 1 rings (SSSR count). The second kappa shape index (κ2) is 12.5. The van der Waals surface area contributed by atoms with Crippen LogP contribution in [0.1, 0.15) is 93.6 Å². The van der Waals surface area contributed by atoms with Gasteiger partial charge in [0.25, 0.3) is 0 Å². The number of halogens is 1. The van der Waals surface area contributed by atoms with Gasteiger partial charge in [0, 0.05) is 6.20 Å². The minimum atomic E-state index is -0.403.